The Morgan fingerprint density at radius 2 is 1.62 bits per heavy atom. The van der Waals surface area contributed by atoms with E-state index in [0.717, 1.165) is 25.7 Å². The minimum Gasteiger partial charge on any atom is -0.373 e. The van der Waals surface area contributed by atoms with Gasteiger partial charge in [0.05, 0.1) is 17.1 Å². The molecule has 7 heteroatoms. The number of nitrogens with one attached hydrogen (secondary N) is 1. The Balaban J connectivity index is 1.69. The third-order valence-corrected chi connectivity index (χ3v) is 6.93. The van der Waals surface area contributed by atoms with Crippen molar-refractivity contribution in [1.29, 1.82) is 0 Å². The molecule has 1 aromatic rings. The van der Waals surface area contributed by atoms with Crippen LogP contribution in [0.25, 0.3) is 0 Å². The van der Waals surface area contributed by atoms with Gasteiger partial charge in [0, 0.05) is 24.7 Å². The highest BCUT2D eigenvalue weighted by Gasteiger charge is 2.32. The SMILES string of the molecule is C[C@@H]1CN(S(=O)(=O)c2ccc(C(=O)NC3CCCCC3)cc2)C[C@@H](C)O1. The molecule has 1 N–H and O–H groups in total. The monoisotopic (exact) mass is 380 g/mol. The maximum Gasteiger partial charge on any atom is 0.251 e. The van der Waals surface area contributed by atoms with E-state index < -0.39 is 10.0 Å². The first kappa shape index (κ1) is 19.3. The average molecular weight is 381 g/mol. The molecule has 0 aromatic heterocycles. The smallest absolute Gasteiger partial charge is 0.251 e. The molecule has 2 aliphatic rings. The van der Waals surface area contributed by atoms with Crippen LogP contribution in [-0.2, 0) is 14.8 Å². The van der Waals surface area contributed by atoms with Crippen molar-refractivity contribution >= 4 is 15.9 Å². The lowest BCUT2D eigenvalue weighted by Crippen LogP contribution is -2.48. The van der Waals surface area contributed by atoms with Crippen molar-refractivity contribution in [2.24, 2.45) is 0 Å². The number of benzene rings is 1. The minimum absolute atomic E-state index is 0.130. The molecule has 0 bridgehead atoms. The van der Waals surface area contributed by atoms with Gasteiger partial charge >= 0.3 is 0 Å². The van der Waals surface area contributed by atoms with Crippen LogP contribution in [-0.4, -0.2) is 50.0 Å². The van der Waals surface area contributed by atoms with Crippen molar-refractivity contribution in [1.82, 2.24) is 9.62 Å². The first-order valence-electron chi connectivity index (χ1n) is 9.43. The summed E-state index contributed by atoms with van der Waals surface area (Å²) in [5.74, 6) is -0.130. The third-order valence-electron chi connectivity index (χ3n) is 5.08. The number of ether oxygens (including phenoxy) is 1. The van der Waals surface area contributed by atoms with Crippen LogP contribution < -0.4 is 5.32 Å². The van der Waals surface area contributed by atoms with Crippen molar-refractivity contribution in [3.05, 3.63) is 29.8 Å². The molecule has 1 amide bonds. The van der Waals surface area contributed by atoms with Gasteiger partial charge in [0.25, 0.3) is 5.91 Å². The Morgan fingerprint density at radius 3 is 2.19 bits per heavy atom. The summed E-state index contributed by atoms with van der Waals surface area (Å²) in [4.78, 5) is 12.6. The molecular weight excluding hydrogens is 352 g/mol. The molecule has 26 heavy (non-hydrogen) atoms. The highest BCUT2D eigenvalue weighted by atomic mass is 32.2. The zero-order chi connectivity index (χ0) is 18.7. The van der Waals surface area contributed by atoms with E-state index in [2.05, 4.69) is 5.32 Å². The summed E-state index contributed by atoms with van der Waals surface area (Å²) >= 11 is 0. The largest absolute Gasteiger partial charge is 0.373 e. The predicted octanol–water partition coefficient (Wildman–Crippen LogP) is 2.55. The van der Waals surface area contributed by atoms with Gasteiger partial charge in [-0.15, -0.1) is 0 Å². The molecular formula is C19H28N2O4S. The van der Waals surface area contributed by atoms with Crippen molar-refractivity contribution in [3.8, 4) is 0 Å². The number of sulfonamides is 1. The molecule has 1 saturated carbocycles. The van der Waals surface area contributed by atoms with Crippen LogP contribution in [0, 0.1) is 0 Å². The molecule has 1 saturated heterocycles. The van der Waals surface area contributed by atoms with Gasteiger partial charge in [-0.05, 0) is 51.0 Å². The van der Waals surface area contributed by atoms with Crippen LogP contribution in [0.15, 0.2) is 29.2 Å². The molecule has 1 heterocycles. The van der Waals surface area contributed by atoms with Gasteiger partial charge in [-0.2, -0.15) is 4.31 Å². The molecule has 2 fully saturated rings. The second-order valence-corrected chi connectivity index (χ2v) is 9.35. The second kappa shape index (κ2) is 8.06. The van der Waals surface area contributed by atoms with E-state index in [4.69, 9.17) is 4.74 Å². The lowest BCUT2D eigenvalue weighted by atomic mass is 9.95. The zero-order valence-corrected chi connectivity index (χ0v) is 16.3. The second-order valence-electron chi connectivity index (χ2n) is 7.41. The molecule has 3 rings (SSSR count). The van der Waals surface area contributed by atoms with Gasteiger partial charge in [-0.25, -0.2) is 8.42 Å². The molecule has 0 unspecified atom stereocenters. The topological polar surface area (TPSA) is 75.7 Å². The summed E-state index contributed by atoms with van der Waals surface area (Å²) in [5, 5.41) is 3.05. The molecule has 1 aromatic carbocycles. The predicted molar refractivity (Wildman–Crippen MR) is 99.5 cm³/mol. The molecule has 1 aliphatic carbocycles. The molecule has 6 nitrogen and oxygen atoms in total. The van der Waals surface area contributed by atoms with Crippen LogP contribution in [0.3, 0.4) is 0 Å². The van der Waals surface area contributed by atoms with E-state index in [-0.39, 0.29) is 29.1 Å². The van der Waals surface area contributed by atoms with Gasteiger partial charge in [-0.3, -0.25) is 4.79 Å². The van der Waals surface area contributed by atoms with Crippen LogP contribution in [0.1, 0.15) is 56.3 Å². The van der Waals surface area contributed by atoms with Crippen LogP contribution in [0.2, 0.25) is 0 Å². The molecule has 0 radical (unpaired) electrons. The Labute approximate surface area is 156 Å². The summed E-state index contributed by atoms with van der Waals surface area (Å²) in [6.45, 7) is 4.43. The van der Waals surface area contributed by atoms with E-state index in [0.29, 0.717) is 18.7 Å². The first-order chi connectivity index (χ1) is 12.4. The number of morpholine rings is 1. The number of amides is 1. The summed E-state index contributed by atoms with van der Waals surface area (Å²) < 4.78 is 32.8. The Hall–Kier alpha value is -1.44. The number of carbonyl (C=O) groups is 1. The zero-order valence-electron chi connectivity index (χ0n) is 15.5. The fraction of sp³-hybridized carbons (Fsp3) is 0.632. The quantitative estimate of drug-likeness (QED) is 0.871. The lowest BCUT2D eigenvalue weighted by molar-refractivity contribution is -0.0440. The van der Waals surface area contributed by atoms with E-state index in [9.17, 15) is 13.2 Å². The number of carbonyl (C=O) groups excluding carboxylic acids is 1. The number of hydrogen-bond donors (Lipinski definition) is 1. The van der Waals surface area contributed by atoms with Gasteiger partial charge in [0.2, 0.25) is 10.0 Å². The highest BCUT2D eigenvalue weighted by molar-refractivity contribution is 7.89. The molecule has 144 valence electrons. The number of hydrogen-bond acceptors (Lipinski definition) is 4. The molecule has 0 spiro atoms. The normalized spacial score (nSPS) is 25.8. The molecule has 1 aliphatic heterocycles. The lowest BCUT2D eigenvalue weighted by Gasteiger charge is -2.34. The average Bonchev–Trinajstić information content (AvgIpc) is 2.62. The number of rotatable bonds is 4. The maximum absolute atomic E-state index is 12.8. The highest BCUT2D eigenvalue weighted by Crippen LogP contribution is 2.22. The van der Waals surface area contributed by atoms with E-state index in [1.807, 2.05) is 13.8 Å². The van der Waals surface area contributed by atoms with Gasteiger partial charge in [0.15, 0.2) is 0 Å². The molecule has 2 atom stereocenters. The van der Waals surface area contributed by atoms with Crippen LogP contribution in [0.5, 0.6) is 0 Å². The fourth-order valence-corrected chi connectivity index (χ4v) is 5.36. The Morgan fingerprint density at radius 1 is 1.04 bits per heavy atom. The third kappa shape index (κ3) is 4.45. The first-order valence-corrected chi connectivity index (χ1v) is 10.9. The van der Waals surface area contributed by atoms with E-state index >= 15 is 0 Å². The van der Waals surface area contributed by atoms with Crippen LogP contribution >= 0.6 is 0 Å². The maximum atomic E-state index is 12.8. The van der Waals surface area contributed by atoms with Crippen LogP contribution in [0.4, 0.5) is 0 Å². The summed E-state index contributed by atoms with van der Waals surface area (Å²) in [6, 6.07) is 6.47. The van der Waals surface area contributed by atoms with Crippen molar-refractivity contribution in [2.45, 2.75) is 69.1 Å². The fourth-order valence-electron chi connectivity index (χ4n) is 3.77. The van der Waals surface area contributed by atoms with Gasteiger partial charge in [0.1, 0.15) is 0 Å². The Bertz CT molecular complexity index is 716. The Kier molecular flexibility index (Phi) is 5.99. The minimum atomic E-state index is -3.58. The van der Waals surface area contributed by atoms with Crippen molar-refractivity contribution in [2.75, 3.05) is 13.1 Å². The summed E-state index contributed by atoms with van der Waals surface area (Å²) in [7, 11) is -3.58. The van der Waals surface area contributed by atoms with Crippen molar-refractivity contribution < 1.29 is 17.9 Å². The number of nitrogens with zero attached hydrogens (tertiary/aromatic N) is 1. The standard InChI is InChI=1S/C19H28N2O4S/c1-14-12-21(13-15(2)25-14)26(23,24)18-10-8-16(9-11-18)19(22)20-17-6-4-3-5-7-17/h8-11,14-15,17H,3-7,12-13H2,1-2H3,(H,20,22)/t14-,15-/m1/s1. The summed E-state index contributed by atoms with van der Waals surface area (Å²) in [6.07, 6.45) is 5.31. The van der Waals surface area contributed by atoms with Crippen molar-refractivity contribution in [3.63, 3.8) is 0 Å². The van der Waals surface area contributed by atoms with Gasteiger partial charge in [-0.1, -0.05) is 19.3 Å². The van der Waals surface area contributed by atoms with E-state index in [1.165, 1.54) is 22.9 Å². The van der Waals surface area contributed by atoms with E-state index in [1.54, 1.807) is 12.1 Å². The summed E-state index contributed by atoms with van der Waals surface area (Å²) in [5.41, 5.74) is 0.498. The van der Waals surface area contributed by atoms with Gasteiger partial charge < -0.3 is 10.1 Å².